The van der Waals surface area contributed by atoms with E-state index in [9.17, 15) is 0 Å². The molecule has 0 bridgehead atoms. The number of nitrogens with zero attached hydrogens (tertiary/aromatic N) is 3. The molecule has 0 unspecified atom stereocenters. The number of hydrogen-bond donors (Lipinski definition) is 0. The van der Waals surface area contributed by atoms with E-state index in [2.05, 4.69) is 257 Å². The van der Waals surface area contributed by atoms with Crippen LogP contribution in [0.3, 0.4) is 0 Å². The summed E-state index contributed by atoms with van der Waals surface area (Å²) in [5.41, 5.74) is 20.2. The van der Waals surface area contributed by atoms with Gasteiger partial charge in [-0.2, -0.15) is 0 Å². The molecule has 78 heavy (non-hydrogen) atoms. The van der Waals surface area contributed by atoms with Crippen LogP contribution in [0.1, 0.15) is 58.2 Å². The van der Waals surface area contributed by atoms with Gasteiger partial charge in [-0.1, -0.05) is 163 Å². The van der Waals surface area contributed by atoms with Crippen LogP contribution in [0.2, 0.25) is 0 Å². The Bertz CT molecular complexity index is 4280. The van der Waals surface area contributed by atoms with Crippen LogP contribution in [-0.2, 0) is 10.8 Å². The maximum atomic E-state index is 7.02. The minimum atomic E-state index is -0.0932. The first-order valence-corrected chi connectivity index (χ1v) is 27.9. The van der Waals surface area contributed by atoms with Gasteiger partial charge < -0.3 is 23.9 Å². The highest BCUT2D eigenvalue weighted by molar-refractivity contribution is 7.33. The van der Waals surface area contributed by atoms with Gasteiger partial charge in [0.2, 0.25) is 0 Å². The SMILES string of the molecule is Cc1cc2c3c(c1)N(c1cccc4c1oc1ccccc14)c1cc(N(c4ccc(C(C)(C)C)cc4)c4ccccc4-c4ccccc4)ccc1B3c1sc3ccc(C(C)(C)C)cc3c1N2c1ccc(Oc2ccccc2)cc1. The van der Waals surface area contributed by atoms with Crippen molar-refractivity contribution >= 4 is 117 Å². The number of furan rings is 1. The predicted molar refractivity (Wildman–Crippen MR) is 332 cm³/mol. The van der Waals surface area contributed by atoms with Gasteiger partial charge in [0, 0.05) is 65.3 Å². The third kappa shape index (κ3) is 7.90. The number of para-hydroxylation sites is 4. The van der Waals surface area contributed by atoms with Crippen LogP contribution >= 0.6 is 11.3 Å². The van der Waals surface area contributed by atoms with E-state index in [4.69, 9.17) is 9.15 Å². The number of aryl methyl sites for hydroxylation is 1. The van der Waals surface area contributed by atoms with Gasteiger partial charge >= 0.3 is 0 Å². The third-order valence-corrected chi connectivity index (χ3v) is 17.1. The van der Waals surface area contributed by atoms with E-state index in [1.807, 2.05) is 41.7 Å². The summed E-state index contributed by atoms with van der Waals surface area (Å²) in [6.45, 7) is 15.9. The Morgan fingerprint density at radius 3 is 1.90 bits per heavy atom. The molecule has 0 saturated carbocycles. The van der Waals surface area contributed by atoms with Crippen molar-refractivity contribution in [3.63, 3.8) is 0 Å². The van der Waals surface area contributed by atoms with Crippen LogP contribution < -0.4 is 35.1 Å². The smallest absolute Gasteiger partial charge is 0.264 e. The molecule has 12 aromatic rings. The molecule has 2 aromatic heterocycles. The Labute approximate surface area is 461 Å². The molecule has 0 saturated heterocycles. The van der Waals surface area contributed by atoms with Crippen molar-refractivity contribution in [2.45, 2.75) is 59.3 Å². The average molecular weight is 1030 g/mol. The predicted octanol–water partition coefficient (Wildman–Crippen LogP) is 18.7. The van der Waals surface area contributed by atoms with Gasteiger partial charge in [-0.3, -0.25) is 0 Å². The minimum Gasteiger partial charge on any atom is -0.457 e. The molecule has 0 radical (unpaired) electrons. The highest BCUT2D eigenvalue weighted by Gasteiger charge is 2.46. The van der Waals surface area contributed by atoms with Gasteiger partial charge in [0.25, 0.3) is 6.71 Å². The monoisotopic (exact) mass is 1030 g/mol. The number of benzene rings is 10. The molecule has 378 valence electrons. The Morgan fingerprint density at radius 1 is 0.500 bits per heavy atom. The van der Waals surface area contributed by atoms with Crippen molar-refractivity contribution in [1.29, 1.82) is 0 Å². The molecule has 4 heterocycles. The second-order valence-corrected chi connectivity index (χ2v) is 24.1. The molecule has 14 rings (SSSR count). The van der Waals surface area contributed by atoms with Gasteiger partial charge in [-0.25, -0.2) is 0 Å². The fourth-order valence-electron chi connectivity index (χ4n) is 12.0. The molecule has 5 nitrogen and oxygen atoms in total. The Balaban J connectivity index is 1.05. The van der Waals surface area contributed by atoms with Crippen molar-refractivity contribution in [1.82, 2.24) is 0 Å². The molecule has 10 aromatic carbocycles. The number of hydrogen-bond acceptors (Lipinski definition) is 6. The largest absolute Gasteiger partial charge is 0.457 e. The molecule has 2 aliphatic rings. The molecule has 0 spiro atoms. The zero-order valence-corrected chi connectivity index (χ0v) is 45.8. The van der Waals surface area contributed by atoms with E-state index < -0.39 is 0 Å². The van der Waals surface area contributed by atoms with Crippen LogP contribution in [0, 0.1) is 6.92 Å². The fraction of sp³-hybridized carbons (Fsp3) is 0.127. The molecule has 0 atom stereocenters. The topological polar surface area (TPSA) is 32.1 Å². The number of anilines is 9. The normalized spacial score (nSPS) is 13.0. The second-order valence-electron chi connectivity index (χ2n) is 23.0. The average Bonchev–Trinajstić information content (AvgIpc) is 4.00. The lowest BCUT2D eigenvalue weighted by Crippen LogP contribution is -2.60. The van der Waals surface area contributed by atoms with Crippen molar-refractivity contribution in [2.24, 2.45) is 0 Å². The maximum absolute atomic E-state index is 7.02. The summed E-state index contributed by atoms with van der Waals surface area (Å²) < 4.78 is 16.0. The minimum absolute atomic E-state index is 0.00472. The van der Waals surface area contributed by atoms with Gasteiger partial charge in [-0.05, 0) is 154 Å². The van der Waals surface area contributed by atoms with Crippen LogP contribution in [-0.4, -0.2) is 6.71 Å². The molecule has 7 heteroatoms. The van der Waals surface area contributed by atoms with Crippen LogP contribution in [0.15, 0.2) is 229 Å². The first kappa shape index (κ1) is 47.7. The lowest BCUT2D eigenvalue weighted by atomic mass is 9.36. The molecule has 0 amide bonds. The fourth-order valence-corrected chi connectivity index (χ4v) is 13.3. The lowest BCUT2D eigenvalue weighted by Gasteiger charge is -2.43. The van der Waals surface area contributed by atoms with Crippen molar-refractivity contribution in [2.75, 3.05) is 14.7 Å². The Morgan fingerprint density at radius 2 is 1.14 bits per heavy atom. The molecular weight excluding hydrogens is 970 g/mol. The number of ether oxygens (including phenoxy) is 1. The molecule has 2 aliphatic heterocycles. The molecule has 0 aliphatic carbocycles. The van der Waals surface area contributed by atoms with Crippen LogP contribution in [0.4, 0.5) is 51.2 Å². The highest BCUT2D eigenvalue weighted by Crippen LogP contribution is 2.52. The van der Waals surface area contributed by atoms with E-state index >= 15 is 0 Å². The van der Waals surface area contributed by atoms with E-state index in [0.717, 1.165) is 95.6 Å². The highest BCUT2D eigenvalue weighted by atomic mass is 32.1. The van der Waals surface area contributed by atoms with Gasteiger partial charge in [0.05, 0.1) is 17.1 Å². The Hall–Kier alpha value is -8.78. The van der Waals surface area contributed by atoms with Crippen molar-refractivity contribution in [3.05, 3.63) is 241 Å². The van der Waals surface area contributed by atoms with Crippen LogP contribution in [0.25, 0.3) is 43.2 Å². The summed E-state index contributed by atoms with van der Waals surface area (Å²) in [5.74, 6) is 1.60. The van der Waals surface area contributed by atoms with Gasteiger partial charge in [-0.15, -0.1) is 11.3 Å². The van der Waals surface area contributed by atoms with Gasteiger partial charge in [0.1, 0.15) is 17.1 Å². The van der Waals surface area contributed by atoms with Crippen molar-refractivity contribution in [3.8, 4) is 22.6 Å². The van der Waals surface area contributed by atoms with E-state index in [1.54, 1.807) is 0 Å². The summed E-state index contributed by atoms with van der Waals surface area (Å²) in [5, 5.41) is 3.45. The van der Waals surface area contributed by atoms with Crippen LogP contribution in [0.5, 0.6) is 11.5 Å². The summed E-state index contributed by atoms with van der Waals surface area (Å²) in [6, 6.07) is 81.7. The number of fused-ring (bicyclic) bond motifs is 9. The number of thiophene rings is 1. The van der Waals surface area contributed by atoms with E-state index in [0.29, 0.717) is 0 Å². The second kappa shape index (κ2) is 18.2. The lowest BCUT2D eigenvalue weighted by molar-refractivity contribution is 0.483. The third-order valence-electron chi connectivity index (χ3n) is 15.8. The zero-order chi connectivity index (χ0) is 53.0. The molecule has 0 fully saturated rings. The van der Waals surface area contributed by atoms with E-state index in [1.165, 1.54) is 42.6 Å². The summed E-state index contributed by atoms with van der Waals surface area (Å²) in [4.78, 5) is 7.51. The first-order valence-electron chi connectivity index (χ1n) is 27.1. The quantitative estimate of drug-likeness (QED) is 0.142. The summed E-state index contributed by atoms with van der Waals surface area (Å²) in [7, 11) is 0. The summed E-state index contributed by atoms with van der Waals surface area (Å²) in [6.07, 6.45) is 0. The molecular formula is C71H58BN3O2S. The van der Waals surface area contributed by atoms with Gasteiger partial charge in [0.15, 0.2) is 5.58 Å². The zero-order valence-electron chi connectivity index (χ0n) is 45.0. The van der Waals surface area contributed by atoms with E-state index in [-0.39, 0.29) is 17.5 Å². The Kier molecular flexibility index (Phi) is 11.1. The maximum Gasteiger partial charge on any atom is 0.264 e. The number of rotatable bonds is 8. The standard InChI is InChI=1S/C71H58BN3O2S/c1-45-41-62-66-63(42-45)75(60-27-18-25-56-55-24-15-17-28-64(55)77-68(56)60)61-44-51(73(49-32-29-47(30-33-49)70(2,3)4)59-26-16-14-23-54(59)46-19-10-8-11-20-46)36-39-58(61)72(66)69-67(57-43-48(71(5,6)7)31-40-65(57)78-69)74(62)50-34-37-53(38-35-50)76-52-21-12-9-13-22-52/h8-44H,1-7H3. The van der Waals surface area contributed by atoms with Crippen molar-refractivity contribution < 1.29 is 9.15 Å². The first-order chi connectivity index (χ1) is 37.9. The summed E-state index contributed by atoms with van der Waals surface area (Å²) >= 11 is 1.92. The molecule has 0 N–H and O–H groups in total.